The second-order valence-corrected chi connectivity index (χ2v) is 4.56. The number of benzene rings is 1. The molecule has 0 radical (unpaired) electrons. The third kappa shape index (κ3) is 1.98. The highest BCUT2D eigenvalue weighted by Gasteiger charge is 2.46. The molecule has 0 unspecified atom stereocenters. The average Bonchev–Trinajstić information content (AvgIpc) is 2.83. The predicted octanol–water partition coefficient (Wildman–Crippen LogP) is 0.572. The molecule has 1 aromatic carbocycles. The Hall–Kier alpha value is -2.26. The van der Waals surface area contributed by atoms with Crippen LogP contribution in [0.5, 0.6) is 11.5 Å². The third-order valence-electron chi connectivity index (χ3n) is 3.24. The molecule has 2 heterocycles. The highest BCUT2D eigenvalue weighted by Crippen LogP contribution is 2.32. The maximum absolute atomic E-state index is 11.9. The molecule has 1 aromatic rings. The second kappa shape index (κ2) is 4.44. The van der Waals surface area contributed by atoms with Crippen LogP contribution in [0.4, 0.5) is 0 Å². The molecule has 0 bridgehead atoms. The SMILES string of the molecule is N#CC1(C(=O)NCc2ccc3c(c2)OCO3)COC1. The second-order valence-electron chi connectivity index (χ2n) is 4.56. The van der Waals surface area contributed by atoms with E-state index in [0.717, 1.165) is 5.56 Å². The molecular weight excluding hydrogens is 248 g/mol. The summed E-state index contributed by atoms with van der Waals surface area (Å²) in [4.78, 5) is 11.9. The van der Waals surface area contributed by atoms with Crippen LogP contribution in [0.3, 0.4) is 0 Å². The van der Waals surface area contributed by atoms with Crippen LogP contribution in [-0.4, -0.2) is 25.9 Å². The number of nitriles is 1. The normalized spacial score (nSPS) is 18.3. The predicted molar refractivity (Wildman–Crippen MR) is 63.3 cm³/mol. The van der Waals surface area contributed by atoms with Crippen molar-refractivity contribution < 1.29 is 19.0 Å². The summed E-state index contributed by atoms with van der Waals surface area (Å²) in [6.07, 6.45) is 0. The summed E-state index contributed by atoms with van der Waals surface area (Å²) in [7, 11) is 0. The fourth-order valence-electron chi connectivity index (χ4n) is 1.96. The zero-order chi connectivity index (χ0) is 13.3. The topological polar surface area (TPSA) is 80.6 Å². The summed E-state index contributed by atoms with van der Waals surface area (Å²) in [6.45, 7) is 0.895. The molecule has 6 heteroatoms. The fourth-order valence-corrected chi connectivity index (χ4v) is 1.96. The van der Waals surface area contributed by atoms with E-state index in [1.54, 1.807) is 6.07 Å². The van der Waals surface area contributed by atoms with Gasteiger partial charge in [-0.1, -0.05) is 6.07 Å². The lowest BCUT2D eigenvalue weighted by Crippen LogP contribution is -2.52. The largest absolute Gasteiger partial charge is 0.454 e. The van der Waals surface area contributed by atoms with Crippen molar-refractivity contribution in [2.24, 2.45) is 5.41 Å². The van der Waals surface area contributed by atoms with E-state index in [9.17, 15) is 4.79 Å². The van der Waals surface area contributed by atoms with Gasteiger partial charge in [-0.05, 0) is 17.7 Å². The molecule has 0 aliphatic carbocycles. The minimum absolute atomic E-state index is 0.163. The number of nitrogens with one attached hydrogen (secondary N) is 1. The van der Waals surface area contributed by atoms with Gasteiger partial charge in [-0.2, -0.15) is 5.26 Å². The molecule has 0 saturated carbocycles. The first kappa shape index (κ1) is 11.8. The Bertz CT molecular complexity index is 560. The van der Waals surface area contributed by atoms with Gasteiger partial charge >= 0.3 is 0 Å². The van der Waals surface area contributed by atoms with Gasteiger partial charge in [0.05, 0.1) is 19.3 Å². The smallest absolute Gasteiger partial charge is 0.245 e. The molecule has 0 aromatic heterocycles. The first-order valence-electron chi connectivity index (χ1n) is 5.89. The maximum Gasteiger partial charge on any atom is 0.245 e. The van der Waals surface area contributed by atoms with E-state index in [4.69, 9.17) is 19.5 Å². The Morgan fingerprint density at radius 2 is 2.16 bits per heavy atom. The highest BCUT2D eigenvalue weighted by atomic mass is 16.7. The van der Waals surface area contributed by atoms with Crippen LogP contribution in [0.15, 0.2) is 18.2 Å². The molecule has 0 atom stereocenters. The van der Waals surface area contributed by atoms with Crippen molar-refractivity contribution in [1.82, 2.24) is 5.32 Å². The van der Waals surface area contributed by atoms with Crippen molar-refractivity contribution in [3.8, 4) is 17.6 Å². The zero-order valence-corrected chi connectivity index (χ0v) is 10.1. The third-order valence-corrected chi connectivity index (χ3v) is 3.24. The first-order valence-corrected chi connectivity index (χ1v) is 5.89. The Morgan fingerprint density at radius 3 is 2.84 bits per heavy atom. The first-order chi connectivity index (χ1) is 9.23. The molecule has 3 rings (SSSR count). The van der Waals surface area contributed by atoms with Crippen molar-refractivity contribution in [2.45, 2.75) is 6.54 Å². The molecule has 2 aliphatic heterocycles. The van der Waals surface area contributed by atoms with E-state index in [2.05, 4.69) is 5.32 Å². The van der Waals surface area contributed by atoms with E-state index in [-0.39, 0.29) is 25.9 Å². The number of amides is 1. The number of hydrogen-bond acceptors (Lipinski definition) is 5. The van der Waals surface area contributed by atoms with Crippen molar-refractivity contribution in [1.29, 1.82) is 5.26 Å². The number of fused-ring (bicyclic) bond motifs is 1. The van der Waals surface area contributed by atoms with Crippen LogP contribution in [0.2, 0.25) is 0 Å². The lowest BCUT2D eigenvalue weighted by atomic mass is 9.87. The number of carbonyl (C=O) groups is 1. The van der Waals surface area contributed by atoms with Gasteiger partial charge in [0.15, 0.2) is 16.9 Å². The molecule has 6 nitrogen and oxygen atoms in total. The molecule has 2 aliphatic rings. The minimum atomic E-state index is -1.02. The van der Waals surface area contributed by atoms with Crippen LogP contribution >= 0.6 is 0 Å². The van der Waals surface area contributed by atoms with E-state index in [1.807, 2.05) is 18.2 Å². The molecule has 0 spiro atoms. The molecular formula is C13H12N2O4. The zero-order valence-electron chi connectivity index (χ0n) is 10.1. The molecule has 1 saturated heterocycles. The van der Waals surface area contributed by atoms with E-state index in [1.165, 1.54) is 0 Å². The number of rotatable bonds is 3. The van der Waals surface area contributed by atoms with E-state index >= 15 is 0 Å². The van der Waals surface area contributed by atoms with E-state index in [0.29, 0.717) is 18.0 Å². The monoisotopic (exact) mass is 260 g/mol. The van der Waals surface area contributed by atoms with Crippen molar-refractivity contribution in [3.05, 3.63) is 23.8 Å². The molecule has 98 valence electrons. The Labute approximate surface area is 109 Å². The summed E-state index contributed by atoms with van der Waals surface area (Å²) in [5, 5.41) is 11.7. The number of ether oxygens (including phenoxy) is 3. The molecule has 1 N–H and O–H groups in total. The van der Waals surface area contributed by atoms with Crippen molar-refractivity contribution in [2.75, 3.05) is 20.0 Å². The number of nitrogens with zero attached hydrogens (tertiary/aromatic N) is 1. The summed E-state index contributed by atoms with van der Waals surface area (Å²) in [5.74, 6) is 1.09. The minimum Gasteiger partial charge on any atom is -0.454 e. The maximum atomic E-state index is 11.9. The lowest BCUT2D eigenvalue weighted by molar-refractivity contribution is -0.150. The number of carbonyl (C=O) groups excluding carboxylic acids is 1. The van der Waals surface area contributed by atoms with Gasteiger partial charge in [0.1, 0.15) is 0 Å². The van der Waals surface area contributed by atoms with Gasteiger partial charge in [-0.15, -0.1) is 0 Å². The molecule has 1 amide bonds. The molecule has 1 fully saturated rings. The van der Waals surface area contributed by atoms with Crippen LogP contribution < -0.4 is 14.8 Å². The Balaban J connectivity index is 1.64. The number of hydrogen-bond donors (Lipinski definition) is 1. The van der Waals surface area contributed by atoms with Gasteiger partial charge < -0.3 is 19.5 Å². The van der Waals surface area contributed by atoms with E-state index < -0.39 is 5.41 Å². The van der Waals surface area contributed by atoms with Crippen LogP contribution in [-0.2, 0) is 16.1 Å². The van der Waals surface area contributed by atoms with Crippen LogP contribution in [0, 0.1) is 16.7 Å². The van der Waals surface area contributed by atoms with Gasteiger partial charge in [0.2, 0.25) is 12.7 Å². The van der Waals surface area contributed by atoms with Crippen molar-refractivity contribution in [3.63, 3.8) is 0 Å². The summed E-state index contributed by atoms with van der Waals surface area (Å²) in [6, 6.07) is 7.48. The Morgan fingerprint density at radius 1 is 1.37 bits per heavy atom. The summed E-state index contributed by atoms with van der Waals surface area (Å²) < 4.78 is 15.4. The van der Waals surface area contributed by atoms with Gasteiger partial charge in [-0.3, -0.25) is 4.79 Å². The Kier molecular flexibility index (Phi) is 2.76. The van der Waals surface area contributed by atoms with Gasteiger partial charge in [-0.25, -0.2) is 0 Å². The van der Waals surface area contributed by atoms with Gasteiger partial charge in [0, 0.05) is 6.54 Å². The summed E-state index contributed by atoms with van der Waals surface area (Å²) in [5.41, 5.74) is -0.123. The lowest BCUT2D eigenvalue weighted by Gasteiger charge is -2.33. The standard InChI is InChI=1S/C13H12N2O4/c14-5-13(6-17-7-13)12(16)15-4-9-1-2-10-11(3-9)19-8-18-10/h1-3H,4,6-8H2,(H,15,16). The fraction of sp³-hybridized carbons (Fsp3) is 0.385. The van der Waals surface area contributed by atoms with Crippen LogP contribution in [0.1, 0.15) is 5.56 Å². The average molecular weight is 260 g/mol. The van der Waals surface area contributed by atoms with Crippen molar-refractivity contribution >= 4 is 5.91 Å². The quantitative estimate of drug-likeness (QED) is 0.859. The molecule has 19 heavy (non-hydrogen) atoms. The summed E-state index contributed by atoms with van der Waals surface area (Å²) >= 11 is 0. The van der Waals surface area contributed by atoms with Crippen LogP contribution in [0.25, 0.3) is 0 Å². The van der Waals surface area contributed by atoms with Gasteiger partial charge in [0.25, 0.3) is 0 Å². The highest BCUT2D eigenvalue weighted by molar-refractivity contribution is 5.86.